The summed E-state index contributed by atoms with van der Waals surface area (Å²) in [5, 5.41) is 29.0. The normalized spacial score (nSPS) is 27.9. The molecular formula is C22H33FO4. The first kappa shape index (κ1) is 22.0. The minimum Gasteiger partial charge on any atom is -0.394 e. The lowest BCUT2D eigenvalue weighted by atomic mass is 9.92. The average Bonchev–Trinajstić information content (AvgIpc) is 2.98. The smallest absolute Gasteiger partial charge is 0.119 e. The molecule has 0 radical (unpaired) electrons. The van der Waals surface area contributed by atoms with Crippen LogP contribution < -0.4 is 0 Å². The van der Waals surface area contributed by atoms with Crippen molar-refractivity contribution in [2.24, 2.45) is 5.92 Å². The molecule has 27 heavy (non-hydrogen) atoms. The highest BCUT2D eigenvalue weighted by Crippen LogP contribution is 2.29. The lowest BCUT2D eigenvalue weighted by Crippen LogP contribution is -2.35. The van der Waals surface area contributed by atoms with Crippen LogP contribution in [0.3, 0.4) is 0 Å². The van der Waals surface area contributed by atoms with Crippen molar-refractivity contribution < 1.29 is 24.4 Å². The highest BCUT2D eigenvalue weighted by molar-refractivity contribution is 5.49. The van der Waals surface area contributed by atoms with Gasteiger partial charge in [0.25, 0.3) is 0 Å². The van der Waals surface area contributed by atoms with Crippen LogP contribution in [0.5, 0.6) is 0 Å². The molecule has 1 fully saturated rings. The van der Waals surface area contributed by atoms with E-state index in [-0.39, 0.29) is 12.5 Å². The Balaban J connectivity index is 1.56. The largest absolute Gasteiger partial charge is 0.394 e. The van der Waals surface area contributed by atoms with Gasteiger partial charge in [0.2, 0.25) is 0 Å². The quantitative estimate of drug-likeness (QED) is 0.514. The zero-order valence-corrected chi connectivity index (χ0v) is 16.1. The molecule has 0 bridgehead atoms. The number of benzene rings is 1. The average molecular weight is 381 g/mol. The molecule has 152 valence electrons. The molecule has 3 N–H and O–H groups in total. The minimum absolute atomic E-state index is 0.105. The summed E-state index contributed by atoms with van der Waals surface area (Å²) in [6, 6.07) is 9.73. The lowest BCUT2D eigenvalue weighted by molar-refractivity contribution is -0.0417. The molecule has 1 aliphatic heterocycles. The molecule has 1 saturated heterocycles. The second kappa shape index (κ2) is 11.5. The fourth-order valence-corrected chi connectivity index (χ4v) is 3.60. The third-order valence-corrected chi connectivity index (χ3v) is 5.33. The first-order valence-corrected chi connectivity index (χ1v) is 10.0. The van der Waals surface area contributed by atoms with E-state index in [0.29, 0.717) is 6.42 Å². The molecule has 4 nitrogen and oxygen atoms in total. The molecule has 0 spiro atoms. The van der Waals surface area contributed by atoms with Crippen molar-refractivity contribution in [1.82, 2.24) is 0 Å². The molecule has 2 unspecified atom stereocenters. The van der Waals surface area contributed by atoms with Gasteiger partial charge >= 0.3 is 0 Å². The zero-order chi connectivity index (χ0) is 19.6. The molecule has 1 aromatic carbocycles. The van der Waals surface area contributed by atoms with Gasteiger partial charge in [-0.15, -0.1) is 0 Å². The highest BCUT2D eigenvalue weighted by atomic mass is 19.1. The van der Waals surface area contributed by atoms with Gasteiger partial charge in [-0.1, -0.05) is 75.1 Å². The minimum atomic E-state index is -1.02. The topological polar surface area (TPSA) is 69.9 Å². The number of hydrogen-bond acceptors (Lipinski definition) is 4. The lowest BCUT2D eigenvalue weighted by Gasteiger charge is -2.22. The number of allylic oxidation sites excluding steroid dienone is 1. The van der Waals surface area contributed by atoms with Gasteiger partial charge in [0, 0.05) is 0 Å². The Bertz CT molecular complexity index is 551. The van der Waals surface area contributed by atoms with Gasteiger partial charge < -0.3 is 20.1 Å². The van der Waals surface area contributed by atoms with E-state index in [9.17, 15) is 14.6 Å². The first-order chi connectivity index (χ1) is 13.0. The summed E-state index contributed by atoms with van der Waals surface area (Å²) in [5.74, 6) is 0.105. The standard InChI is InChI=1S/C22H33FO4/c1-16(22-21(26)20(25)19(15-24)27-22)9-5-2-3-8-12-18(23)14-13-17-10-6-4-7-11-17/h4,6-7,10-11,13-14,16,18-22,24-26H,2-3,5,8-9,12,15H2,1H3/t16?,18?,19-,20-,21+,22+/m1/s1. The number of unbranched alkanes of at least 4 members (excludes halogenated alkanes) is 3. The predicted octanol–water partition coefficient (Wildman–Crippen LogP) is 3.50. The van der Waals surface area contributed by atoms with Gasteiger partial charge in [-0.05, 0) is 24.3 Å². The van der Waals surface area contributed by atoms with E-state index in [1.165, 1.54) is 0 Å². The Morgan fingerprint density at radius 2 is 1.70 bits per heavy atom. The van der Waals surface area contributed by atoms with Crippen LogP contribution in [-0.2, 0) is 4.74 Å². The number of rotatable bonds is 11. The maximum atomic E-state index is 13.9. The van der Waals surface area contributed by atoms with E-state index in [4.69, 9.17) is 9.84 Å². The monoisotopic (exact) mass is 380 g/mol. The molecule has 0 amide bonds. The Kier molecular flexibility index (Phi) is 9.42. The third kappa shape index (κ3) is 7.00. The fourth-order valence-electron chi connectivity index (χ4n) is 3.60. The van der Waals surface area contributed by atoms with Gasteiger partial charge in [-0.2, -0.15) is 0 Å². The van der Waals surface area contributed by atoms with Crippen LogP contribution in [0.25, 0.3) is 6.08 Å². The SMILES string of the molecule is CC(CCCCCCC(F)C=Cc1ccccc1)[C@@H]1O[C@H](CO)[C@@H](O)[C@@H]1O. The maximum Gasteiger partial charge on any atom is 0.119 e. The van der Waals surface area contributed by atoms with Crippen LogP contribution in [0.2, 0.25) is 0 Å². The number of alkyl halides is 1. The maximum absolute atomic E-state index is 13.9. The Morgan fingerprint density at radius 3 is 2.33 bits per heavy atom. The molecule has 1 aliphatic rings. The molecule has 1 heterocycles. The zero-order valence-electron chi connectivity index (χ0n) is 16.1. The van der Waals surface area contributed by atoms with Gasteiger partial charge in [-0.25, -0.2) is 4.39 Å². The van der Waals surface area contributed by atoms with E-state index in [1.54, 1.807) is 6.08 Å². The highest BCUT2D eigenvalue weighted by Gasteiger charge is 2.44. The van der Waals surface area contributed by atoms with Crippen LogP contribution in [0.4, 0.5) is 4.39 Å². The third-order valence-electron chi connectivity index (χ3n) is 5.33. The number of aliphatic hydroxyl groups is 3. The molecular weight excluding hydrogens is 347 g/mol. The van der Waals surface area contributed by atoms with Crippen LogP contribution in [0.1, 0.15) is 51.0 Å². The van der Waals surface area contributed by atoms with Gasteiger partial charge in [0.05, 0.1) is 12.7 Å². The number of hydrogen-bond donors (Lipinski definition) is 3. The molecule has 0 saturated carbocycles. The van der Waals surface area contributed by atoms with Crippen molar-refractivity contribution in [3.63, 3.8) is 0 Å². The molecule has 0 aliphatic carbocycles. The van der Waals surface area contributed by atoms with Crippen molar-refractivity contribution in [3.05, 3.63) is 42.0 Å². The number of aliphatic hydroxyl groups excluding tert-OH is 3. The Labute approximate surface area is 161 Å². The molecule has 6 atom stereocenters. The summed E-state index contributed by atoms with van der Waals surface area (Å²) in [4.78, 5) is 0. The van der Waals surface area contributed by atoms with Crippen molar-refractivity contribution in [1.29, 1.82) is 0 Å². The van der Waals surface area contributed by atoms with Gasteiger partial charge in [0.1, 0.15) is 24.5 Å². The predicted molar refractivity (Wildman–Crippen MR) is 105 cm³/mol. The van der Waals surface area contributed by atoms with Crippen molar-refractivity contribution in [3.8, 4) is 0 Å². The van der Waals surface area contributed by atoms with Crippen molar-refractivity contribution in [2.45, 2.75) is 76.0 Å². The fraction of sp³-hybridized carbons (Fsp3) is 0.636. The second-order valence-electron chi connectivity index (χ2n) is 7.56. The van der Waals surface area contributed by atoms with Gasteiger partial charge in [0.15, 0.2) is 0 Å². The van der Waals surface area contributed by atoms with E-state index in [1.807, 2.05) is 43.3 Å². The summed E-state index contributed by atoms with van der Waals surface area (Å²) in [6.07, 6.45) is 4.66. The van der Waals surface area contributed by atoms with Crippen LogP contribution in [-0.4, -0.2) is 52.5 Å². The molecule has 1 aromatic rings. The summed E-state index contributed by atoms with van der Waals surface area (Å²) in [6.45, 7) is 1.71. The summed E-state index contributed by atoms with van der Waals surface area (Å²) < 4.78 is 19.5. The van der Waals surface area contributed by atoms with Crippen LogP contribution in [0, 0.1) is 5.92 Å². The van der Waals surface area contributed by atoms with Crippen molar-refractivity contribution >= 4 is 6.08 Å². The van der Waals surface area contributed by atoms with Crippen LogP contribution >= 0.6 is 0 Å². The van der Waals surface area contributed by atoms with E-state index < -0.39 is 30.6 Å². The van der Waals surface area contributed by atoms with Crippen LogP contribution in [0.15, 0.2) is 36.4 Å². The number of ether oxygens (including phenoxy) is 1. The van der Waals surface area contributed by atoms with E-state index in [0.717, 1.165) is 37.7 Å². The van der Waals surface area contributed by atoms with Crippen molar-refractivity contribution in [2.75, 3.05) is 6.61 Å². The number of halogens is 1. The van der Waals surface area contributed by atoms with E-state index >= 15 is 0 Å². The summed E-state index contributed by atoms with van der Waals surface area (Å²) in [7, 11) is 0. The Morgan fingerprint density at radius 1 is 1.04 bits per heavy atom. The molecule has 2 rings (SSSR count). The second-order valence-corrected chi connectivity index (χ2v) is 7.56. The summed E-state index contributed by atoms with van der Waals surface area (Å²) in [5.41, 5.74) is 1.01. The molecule has 5 heteroatoms. The summed E-state index contributed by atoms with van der Waals surface area (Å²) >= 11 is 0. The first-order valence-electron chi connectivity index (χ1n) is 10.0. The Hall–Kier alpha value is -1.27. The van der Waals surface area contributed by atoms with E-state index in [2.05, 4.69) is 0 Å². The molecule has 0 aromatic heterocycles. The van der Waals surface area contributed by atoms with Gasteiger partial charge in [-0.3, -0.25) is 0 Å².